The second-order valence-corrected chi connectivity index (χ2v) is 8.72. The molecule has 8 heteroatoms. The predicted molar refractivity (Wildman–Crippen MR) is 108 cm³/mol. The van der Waals surface area contributed by atoms with Gasteiger partial charge in [-0.2, -0.15) is 0 Å². The predicted octanol–water partition coefficient (Wildman–Crippen LogP) is 2.18. The Hall–Kier alpha value is -2.77. The highest BCUT2D eigenvalue weighted by molar-refractivity contribution is 5.92. The van der Waals surface area contributed by atoms with Gasteiger partial charge >= 0.3 is 0 Å². The van der Waals surface area contributed by atoms with Gasteiger partial charge in [0.2, 0.25) is 5.91 Å². The van der Waals surface area contributed by atoms with Crippen LogP contribution >= 0.6 is 0 Å². The minimum absolute atomic E-state index is 0.00679. The molecule has 2 aliphatic heterocycles. The molecule has 30 heavy (non-hydrogen) atoms. The Morgan fingerprint density at radius 2 is 1.87 bits per heavy atom. The van der Waals surface area contributed by atoms with Gasteiger partial charge in [-0.15, -0.1) is 5.10 Å². The minimum Gasteiger partial charge on any atom is -0.337 e. The number of amides is 2. The number of benzene rings is 1. The average molecular weight is 411 g/mol. The number of nitrogens with zero attached hydrogens (tertiary/aromatic N) is 5. The normalized spacial score (nSPS) is 25.0. The van der Waals surface area contributed by atoms with E-state index in [1.807, 2.05) is 30.3 Å². The molecule has 1 aromatic heterocycles. The van der Waals surface area contributed by atoms with Crippen molar-refractivity contribution in [2.24, 2.45) is 0 Å². The molecule has 2 amide bonds. The Morgan fingerprint density at radius 1 is 1.13 bits per heavy atom. The van der Waals surface area contributed by atoms with E-state index in [1.54, 1.807) is 20.7 Å². The summed E-state index contributed by atoms with van der Waals surface area (Å²) in [5.41, 5.74) is 0.811. The molecular weight excluding hydrogens is 385 g/mol. The molecule has 0 radical (unpaired) electrons. The van der Waals surface area contributed by atoms with Crippen LogP contribution in [0, 0.1) is 0 Å². The van der Waals surface area contributed by atoms with Gasteiger partial charge in [0.25, 0.3) is 5.91 Å². The summed E-state index contributed by atoms with van der Waals surface area (Å²) in [4.78, 5) is 29.4. The largest absolute Gasteiger partial charge is 0.337 e. The molecule has 0 spiro atoms. The van der Waals surface area contributed by atoms with Crippen molar-refractivity contribution >= 4 is 11.8 Å². The summed E-state index contributed by atoms with van der Waals surface area (Å²) in [5, 5.41) is 8.11. The van der Waals surface area contributed by atoms with Crippen LogP contribution in [-0.4, -0.2) is 68.5 Å². The SMILES string of the molecule is O=C(c1cn(CC2CC(F)CN2C(=O)C2(c3ccccc3)CC2)nn1)N1CCCC1. The number of likely N-dealkylation sites (tertiary alicyclic amines) is 2. The van der Waals surface area contributed by atoms with Crippen LogP contribution in [0.5, 0.6) is 0 Å². The zero-order valence-electron chi connectivity index (χ0n) is 16.9. The van der Waals surface area contributed by atoms with Crippen LogP contribution in [-0.2, 0) is 16.8 Å². The number of carbonyl (C=O) groups excluding carboxylic acids is 2. The fourth-order valence-corrected chi connectivity index (χ4v) is 4.85. The molecule has 1 saturated carbocycles. The smallest absolute Gasteiger partial charge is 0.276 e. The number of alkyl halides is 1. The van der Waals surface area contributed by atoms with E-state index in [4.69, 9.17) is 0 Å². The number of aromatic nitrogens is 3. The molecule has 2 saturated heterocycles. The monoisotopic (exact) mass is 411 g/mol. The number of carbonyl (C=O) groups is 2. The molecular formula is C22H26FN5O2. The molecule has 2 unspecified atom stereocenters. The highest BCUT2D eigenvalue weighted by Gasteiger charge is 2.55. The van der Waals surface area contributed by atoms with Gasteiger partial charge in [0, 0.05) is 19.5 Å². The molecule has 1 aromatic carbocycles. The van der Waals surface area contributed by atoms with Gasteiger partial charge in [-0.1, -0.05) is 35.5 Å². The van der Waals surface area contributed by atoms with Gasteiger partial charge in [0.1, 0.15) is 6.17 Å². The van der Waals surface area contributed by atoms with Crippen molar-refractivity contribution in [3.63, 3.8) is 0 Å². The standard InChI is InChI=1S/C22H26FN5O2/c23-17-12-18(14-27-15-19(24-25-27)20(29)26-10-4-5-11-26)28(13-17)21(30)22(8-9-22)16-6-2-1-3-7-16/h1-3,6-7,15,17-18H,4-5,8-14H2. The van der Waals surface area contributed by atoms with Crippen LogP contribution in [0.4, 0.5) is 4.39 Å². The van der Waals surface area contributed by atoms with Crippen LogP contribution < -0.4 is 0 Å². The van der Waals surface area contributed by atoms with Crippen molar-refractivity contribution in [1.82, 2.24) is 24.8 Å². The number of rotatable bonds is 5. The van der Waals surface area contributed by atoms with E-state index < -0.39 is 11.6 Å². The lowest BCUT2D eigenvalue weighted by molar-refractivity contribution is -0.135. The van der Waals surface area contributed by atoms with Gasteiger partial charge in [0.15, 0.2) is 5.69 Å². The highest BCUT2D eigenvalue weighted by Crippen LogP contribution is 2.50. The third-order valence-corrected chi connectivity index (χ3v) is 6.66. The van der Waals surface area contributed by atoms with Gasteiger partial charge in [-0.25, -0.2) is 9.07 Å². The molecule has 2 atom stereocenters. The van der Waals surface area contributed by atoms with Crippen LogP contribution in [0.3, 0.4) is 0 Å². The van der Waals surface area contributed by atoms with Crippen molar-refractivity contribution in [2.45, 2.75) is 56.3 Å². The summed E-state index contributed by atoms with van der Waals surface area (Å²) in [6.45, 7) is 1.97. The van der Waals surface area contributed by atoms with Gasteiger partial charge in [-0.05, 0) is 31.2 Å². The van der Waals surface area contributed by atoms with Gasteiger partial charge < -0.3 is 9.80 Å². The lowest BCUT2D eigenvalue weighted by atomic mass is 9.94. The molecule has 2 aromatic rings. The van der Waals surface area contributed by atoms with E-state index in [2.05, 4.69) is 10.3 Å². The van der Waals surface area contributed by atoms with Crippen molar-refractivity contribution in [3.8, 4) is 0 Å². The van der Waals surface area contributed by atoms with E-state index in [0.717, 1.165) is 44.3 Å². The van der Waals surface area contributed by atoms with Crippen LogP contribution in [0.25, 0.3) is 0 Å². The molecule has 5 rings (SSSR count). The maximum atomic E-state index is 14.3. The third kappa shape index (κ3) is 3.38. The Bertz CT molecular complexity index is 936. The van der Waals surface area contributed by atoms with Crippen molar-refractivity contribution in [3.05, 3.63) is 47.8 Å². The number of hydrogen-bond donors (Lipinski definition) is 0. The van der Waals surface area contributed by atoms with Crippen molar-refractivity contribution < 1.29 is 14.0 Å². The maximum absolute atomic E-state index is 14.3. The summed E-state index contributed by atoms with van der Waals surface area (Å²) >= 11 is 0. The minimum atomic E-state index is -1.04. The Morgan fingerprint density at radius 3 is 2.57 bits per heavy atom. The van der Waals surface area contributed by atoms with Crippen LogP contribution in [0.15, 0.2) is 36.5 Å². The number of halogens is 1. The summed E-state index contributed by atoms with van der Waals surface area (Å²) in [7, 11) is 0. The Balaban J connectivity index is 1.31. The third-order valence-electron chi connectivity index (χ3n) is 6.66. The molecule has 3 heterocycles. The molecule has 3 fully saturated rings. The average Bonchev–Trinajstić information content (AvgIpc) is 3.11. The fourth-order valence-electron chi connectivity index (χ4n) is 4.85. The first-order valence-electron chi connectivity index (χ1n) is 10.8. The first-order valence-corrected chi connectivity index (χ1v) is 10.8. The lowest BCUT2D eigenvalue weighted by Crippen LogP contribution is -2.44. The fraction of sp³-hybridized carbons (Fsp3) is 0.545. The van der Waals surface area contributed by atoms with E-state index in [-0.39, 0.29) is 30.8 Å². The van der Waals surface area contributed by atoms with E-state index in [1.165, 1.54) is 0 Å². The van der Waals surface area contributed by atoms with Gasteiger partial charge in [-0.3, -0.25) is 9.59 Å². The maximum Gasteiger partial charge on any atom is 0.276 e. The summed E-state index contributed by atoms with van der Waals surface area (Å²) in [6.07, 6.45) is 4.49. The Labute approximate surface area is 174 Å². The summed E-state index contributed by atoms with van der Waals surface area (Å²) in [6, 6.07) is 9.50. The van der Waals surface area contributed by atoms with Crippen molar-refractivity contribution in [1.29, 1.82) is 0 Å². The zero-order chi connectivity index (χ0) is 20.7. The lowest BCUT2D eigenvalue weighted by Gasteiger charge is -2.28. The highest BCUT2D eigenvalue weighted by atomic mass is 19.1. The molecule has 3 aliphatic rings. The van der Waals surface area contributed by atoms with E-state index in [0.29, 0.717) is 12.2 Å². The zero-order valence-corrected chi connectivity index (χ0v) is 16.9. The molecule has 0 N–H and O–H groups in total. The van der Waals surface area contributed by atoms with Crippen LogP contribution in [0.1, 0.15) is 48.2 Å². The number of hydrogen-bond acceptors (Lipinski definition) is 4. The summed E-state index contributed by atoms with van der Waals surface area (Å²) in [5.74, 6) is -0.102. The second kappa shape index (κ2) is 7.49. The van der Waals surface area contributed by atoms with Crippen LogP contribution in [0.2, 0.25) is 0 Å². The first kappa shape index (κ1) is 19.2. The molecule has 7 nitrogen and oxygen atoms in total. The second-order valence-electron chi connectivity index (χ2n) is 8.72. The van der Waals surface area contributed by atoms with E-state index in [9.17, 15) is 14.0 Å². The van der Waals surface area contributed by atoms with Crippen molar-refractivity contribution in [2.75, 3.05) is 19.6 Å². The molecule has 0 bridgehead atoms. The topological polar surface area (TPSA) is 71.3 Å². The van der Waals surface area contributed by atoms with E-state index >= 15 is 0 Å². The first-order chi connectivity index (χ1) is 14.6. The molecule has 158 valence electrons. The Kier molecular flexibility index (Phi) is 4.79. The quantitative estimate of drug-likeness (QED) is 0.756. The van der Waals surface area contributed by atoms with Gasteiger partial charge in [0.05, 0.1) is 30.7 Å². The summed E-state index contributed by atoms with van der Waals surface area (Å²) < 4.78 is 15.9. The molecule has 1 aliphatic carbocycles.